The lowest BCUT2D eigenvalue weighted by atomic mass is 10.1. The van der Waals surface area contributed by atoms with Gasteiger partial charge in [-0.2, -0.15) is 15.0 Å². The number of carbonyl (C=O) groups is 1. The van der Waals surface area contributed by atoms with Crippen LogP contribution < -0.4 is 21.3 Å². The summed E-state index contributed by atoms with van der Waals surface area (Å²) in [4.78, 5) is 45.5. The number of hydrogen-bond acceptors (Lipinski definition) is 10. The predicted octanol–water partition coefficient (Wildman–Crippen LogP) is 4.96. The van der Waals surface area contributed by atoms with Crippen molar-refractivity contribution in [1.29, 1.82) is 0 Å². The summed E-state index contributed by atoms with van der Waals surface area (Å²) >= 11 is 0. The molecule has 3 aromatic heterocycles. The fourth-order valence-electron chi connectivity index (χ4n) is 4.48. The lowest BCUT2D eigenvalue weighted by molar-refractivity contribution is -0.384. The minimum atomic E-state index is -0.453. The van der Waals surface area contributed by atoms with E-state index in [1.807, 2.05) is 52.0 Å². The van der Waals surface area contributed by atoms with E-state index in [0.29, 0.717) is 41.2 Å². The molecule has 0 radical (unpaired) electrons. The number of aromatic nitrogens is 5. The molecule has 5 rings (SSSR count). The first kappa shape index (κ1) is 28.2. The summed E-state index contributed by atoms with van der Waals surface area (Å²) < 4.78 is 0. The third kappa shape index (κ3) is 6.35. The second kappa shape index (κ2) is 12.0. The van der Waals surface area contributed by atoms with Crippen molar-refractivity contribution in [3.8, 4) is 11.3 Å². The smallest absolute Gasteiger partial charge is 0.270 e. The van der Waals surface area contributed by atoms with E-state index in [0.717, 1.165) is 16.3 Å². The van der Waals surface area contributed by atoms with E-state index in [1.165, 1.54) is 12.1 Å². The van der Waals surface area contributed by atoms with E-state index >= 15 is 0 Å². The van der Waals surface area contributed by atoms with Gasteiger partial charge in [0.1, 0.15) is 5.69 Å². The maximum Gasteiger partial charge on any atom is 0.270 e. The lowest BCUT2D eigenvalue weighted by Gasteiger charge is -2.14. The zero-order valence-corrected chi connectivity index (χ0v) is 23.7. The second-order valence-corrected chi connectivity index (χ2v) is 10.3. The van der Waals surface area contributed by atoms with E-state index in [-0.39, 0.29) is 35.9 Å². The number of aromatic amines is 1. The van der Waals surface area contributed by atoms with E-state index in [9.17, 15) is 14.9 Å². The SMILES string of the molecule is CC(C)Nc1nc(NCCNC(=O)c2cc3c([nH]c4ccccc43)c(-c3cccc([N+](=O)[O-])c3)n2)nc(NC(C)C)n1. The quantitative estimate of drug-likeness (QED) is 0.0831. The fraction of sp³-hybridized carbons (Fsp3) is 0.276. The van der Waals surface area contributed by atoms with Gasteiger partial charge in [-0.3, -0.25) is 14.9 Å². The van der Waals surface area contributed by atoms with Gasteiger partial charge >= 0.3 is 0 Å². The van der Waals surface area contributed by atoms with Crippen LogP contribution in [0.15, 0.2) is 54.6 Å². The lowest BCUT2D eigenvalue weighted by Crippen LogP contribution is -2.30. The van der Waals surface area contributed by atoms with Crippen LogP contribution in [0.1, 0.15) is 38.2 Å². The molecule has 0 saturated heterocycles. The van der Waals surface area contributed by atoms with Gasteiger partial charge in [0.25, 0.3) is 11.6 Å². The minimum absolute atomic E-state index is 0.0590. The van der Waals surface area contributed by atoms with Crippen molar-refractivity contribution >= 4 is 51.2 Å². The molecule has 3 heterocycles. The average molecular weight is 569 g/mol. The van der Waals surface area contributed by atoms with Gasteiger partial charge in [0.2, 0.25) is 17.8 Å². The zero-order chi connectivity index (χ0) is 29.8. The van der Waals surface area contributed by atoms with Gasteiger partial charge < -0.3 is 26.3 Å². The highest BCUT2D eigenvalue weighted by molar-refractivity contribution is 6.13. The Labute approximate surface area is 241 Å². The Hall–Kier alpha value is -5.33. The summed E-state index contributed by atoms with van der Waals surface area (Å²) in [5.74, 6) is 0.881. The second-order valence-electron chi connectivity index (χ2n) is 10.3. The van der Waals surface area contributed by atoms with Gasteiger partial charge in [-0.1, -0.05) is 30.3 Å². The topological polar surface area (TPSA) is 176 Å². The molecule has 13 heteroatoms. The summed E-state index contributed by atoms with van der Waals surface area (Å²) in [6.07, 6.45) is 0. The largest absolute Gasteiger partial charge is 0.353 e. The Kier molecular flexibility index (Phi) is 8.09. The highest BCUT2D eigenvalue weighted by atomic mass is 16.6. The maximum atomic E-state index is 13.3. The zero-order valence-electron chi connectivity index (χ0n) is 23.7. The highest BCUT2D eigenvalue weighted by Gasteiger charge is 2.18. The molecule has 0 bridgehead atoms. The molecule has 0 atom stereocenters. The number of amides is 1. The number of nitro groups is 1. The molecule has 0 aliphatic rings. The maximum absolute atomic E-state index is 13.3. The van der Waals surface area contributed by atoms with E-state index in [2.05, 4.69) is 46.2 Å². The van der Waals surface area contributed by atoms with E-state index in [1.54, 1.807) is 18.2 Å². The minimum Gasteiger partial charge on any atom is -0.353 e. The molecule has 0 saturated carbocycles. The van der Waals surface area contributed by atoms with Crippen molar-refractivity contribution in [1.82, 2.24) is 30.2 Å². The molecule has 0 unspecified atom stereocenters. The number of non-ortho nitro benzene ring substituents is 1. The fourth-order valence-corrected chi connectivity index (χ4v) is 4.48. The predicted molar refractivity (Wildman–Crippen MR) is 164 cm³/mol. The number of nitrogens with zero attached hydrogens (tertiary/aromatic N) is 5. The van der Waals surface area contributed by atoms with Crippen LogP contribution in [0.4, 0.5) is 23.5 Å². The number of nitrogens with one attached hydrogen (secondary N) is 5. The number of rotatable bonds is 11. The molecular weight excluding hydrogens is 536 g/mol. The van der Waals surface area contributed by atoms with Gasteiger partial charge in [-0.15, -0.1) is 0 Å². The number of hydrogen-bond donors (Lipinski definition) is 5. The highest BCUT2D eigenvalue weighted by Crippen LogP contribution is 2.33. The summed E-state index contributed by atoms with van der Waals surface area (Å²) in [5, 5.41) is 25.5. The summed E-state index contributed by atoms with van der Waals surface area (Å²) in [7, 11) is 0. The summed E-state index contributed by atoms with van der Waals surface area (Å²) in [6.45, 7) is 8.60. The van der Waals surface area contributed by atoms with Crippen LogP contribution >= 0.6 is 0 Å². The standard InChI is InChI=1S/C29H32N10O3/c1-16(2)32-28-36-27(37-29(38-28)33-17(3)4)31-13-12-30-26(40)23-15-21-20-10-5-6-11-22(20)34-25(21)24(35-23)18-8-7-9-19(14-18)39(41)42/h5-11,14-17,34H,12-13H2,1-4H3,(H,30,40)(H3,31,32,33,36,37,38). The molecule has 0 aliphatic heterocycles. The Morgan fingerprint density at radius 3 is 2.24 bits per heavy atom. The van der Waals surface area contributed by atoms with Crippen molar-refractivity contribution in [2.45, 2.75) is 39.8 Å². The molecule has 42 heavy (non-hydrogen) atoms. The molecule has 5 aromatic rings. The first-order valence-electron chi connectivity index (χ1n) is 13.7. The first-order valence-corrected chi connectivity index (χ1v) is 13.7. The molecule has 0 aliphatic carbocycles. The third-order valence-corrected chi connectivity index (χ3v) is 6.22. The molecule has 1 amide bonds. The number of carbonyl (C=O) groups excluding carboxylic acids is 1. The van der Waals surface area contributed by atoms with Gasteiger partial charge in [0, 0.05) is 59.2 Å². The van der Waals surface area contributed by atoms with E-state index in [4.69, 9.17) is 0 Å². The number of pyridine rings is 1. The molecule has 13 nitrogen and oxygen atoms in total. The molecule has 2 aromatic carbocycles. The Bertz CT molecular complexity index is 1740. The summed E-state index contributed by atoms with van der Waals surface area (Å²) in [6, 6.07) is 16.0. The van der Waals surface area contributed by atoms with Crippen LogP contribution in [0, 0.1) is 10.1 Å². The summed E-state index contributed by atoms with van der Waals surface area (Å²) in [5.41, 5.74) is 2.69. The van der Waals surface area contributed by atoms with Gasteiger partial charge in [-0.05, 0) is 39.8 Å². The van der Waals surface area contributed by atoms with Gasteiger partial charge in [-0.25, -0.2) is 4.98 Å². The number of H-pyrrole nitrogens is 1. The van der Waals surface area contributed by atoms with Crippen LogP contribution in [0.25, 0.3) is 33.1 Å². The number of fused-ring (bicyclic) bond motifs is 3. The first-order chi connectivity index (χ1) is 20.2. The van der Waals surface area contributed by atoms with Crippen LogP contribution in [-0.2, 0) is 0 Å². The Balaban J connectivity index is 1.37. The van der Waals surface area contributed by atoms with Crippen molar-refractivity contribution in [3.63, 3.8) is 0 Å². The Morgan fingerprint density at radius 2 is 1.55 bits per heavy atom. The number of para-hydroxylation sites is 1. The molecular formula is C29H32N10O3. The van der Waals surface area contributed by atoms with Crippen LogP contribution in [0.5, 0.6) is 0 Å². The Morgan fingerprint density at radius 1 is 0.857 bits per heavy atom. The van der Waals surface area contributed by atoms with Crippen molar-refractivity contribution < 1.29 is 9.72 Å². The number of nitro benzene ring substituents is 1. The van der Waals surface area contributed by atoms with Crippen LogP contribution in [-0.4, -0.2) is 60.9 Å². The van der Waals surface area contributed by atoms with Crippen molar-refractivity contribution in [2.24, 2.45) is 0 Å². The number of benzene rings is 2. The normalized spacial score (nSPS) is 11.3. The van der Waals surface area contributed by atoms with Crippen LogP contribution in [0.3, 0.4) is 0 Å². The molecule has 0 fully saturated rings. The monoisotopic (exact) mass is 568 g/mol. The van der Waals surface area contributed by atoms with Gasteiger partial charge in [0.05, 0.1) is 16.1 Å². The third-order valence-electron chi connectivity index (χ3n) is 6.22. The van der Waals surface area contributed by atoms with E-state index < -0.39 is 4.92 Å². The average Bonchev–Trinajstić information content (AvgIpc) is 3.32. The number of anilines is 3. The van der Waals surface area contributed by atoms with Crippen LogP contribution in [0.2, 0.25) is 0 Å². The molecule has 216 valence electrons. The van der Waals surface area contributed by atoms with Gasteiger partial charge in [0.15, 0.2) is 0 Å². The molecule has 5 N–H and O–H groups in total. The van der Waals surface area contributed by atoms with Crippen molar-refractivity contribution in [3.05, 3.63) is 70.4 Å². The molecule has 0 spiro atoms. The van der Waals surface area contributed by atoms with Crippen molar-refractivity contribution in [2.75, 3.05) is 29.0 Å².